The highest BCUT2D eigenvalue weighted by atomic mass is 19.4. The van der Waals surface area contributed by atoms with Gasteiger partial charge in [-0.15, -0.1) is 0 Å². The van der Waals surface area contributed by atoms with Crippen molar-refractivity contribution in [2.75, 3.05) is 6.61 Å². The Labute approximate surface area is 134 Å². The first-order valence-corrected chi connectivity index (χ1v) is 7.13. The minimum atomic E-state index is -4.38. The summed E-state index contributed by atoms with van der Waals surface area (Å²) < 4.78 is 57.2. The van der Waals surface area contributed by atoms with Gasteiger partial charge in [-0.05, 0) is 23.8 Å². The molecule has 0 N–H and O–H groups in total. The molecule has 124 valence electrons. The van der Waals surface area contributed by atoms with Gasteiger partial charge in [-0.1, -0.05) is 24.3 Å². The SMILES string of the molecule is Fc1cccc2c(OCCc3cccc(C(F)(F)F)c3)ncnc12. The lowest BCUT2D eigenvalue weighted by Crippen LogP contribution is -2.07. The third-order valence-corrected chi connectivity index (χ3v) is 3.46. The van der Waals surface area contributed by atoms with Crippen molar-refractivity contribution in [3.63, 3.8) is 0 Å². The Balaban J connectivity index is 1.73. The van der Waals surface area contributed by atoms with Crippen LogP contribution in [0.5, 0.6) is 5.88 Å². The maximum Gasteiger partial charge on any atom is 0.416 e. The standard InChI is InChI=1S/C17H12F4N2O/c18-14-6-2-5-13-15(14)22-10-23-16(13)24-8-7-11-3-1-4-12(9-11)17(19,20)21/h1-6,9-10H,7-8H2. The summed E-state index contributed by atoms with van der Waals surface area (Å²) in [7, 11) is 0. The number of ether oxygens (including phenoxy) is 1. The molecule has 1 heterocycles. The van der Waals surface area contributed by atoms with E-state index in [1.807, 2.05) is 0 Å². The Morgan fingerprint density at radius 2 is 1.79 bits per heavy atom. The summed E-state index contributed by atoms with van der Waals surface area (Å²) in [5, 5.41) is 0.418. The molecule has 3 aromatic rings. The van der Waals surface area contributed by atoms with Crippen LogP contribution in [-0.2, 0) is 12.6 Å². The molecule has 0 saturated heterocycles. The molecule has 24 heavy (non-hydrogen) atoms. The molecule has 0 radical (unpaired) electrons. The van der Waals surface area contributed by atoms with Crippen LogP contribution in [0.4, 0.5) is 17.6 Å². The summed E-state index contributed by atoms with van der Waals surface area (Å²) in [5.74, 6) is -0.288. The molecule has 0 fully saturated rings. The van der Waals surface area contributed by atoms with E-state index < -0.39 is 17.6 Å². The summed E-state index contributed by atoms with van der Waals surface area (Å²) in [5.41, 5.74) is -0.0644. The van der Waals surface area contributed by atoms with Crippen molar-refractivity contribution in [1.82, 2.24) is 9.97 Å². The van der Waals surface area contributed by atoms with E-state index in [0.29, 0.717) is 10.9 Å². The van der Waals surface area contributed by atoms with Gasteiger partial charge in [0, 0.05) is 6.42 Å². The van der Waals surface area contributed by atoms with E-state index in [4.69, 9.17) is 4.74 Å². The van der Waals surface area contributed by atoms with Crippen molar-refractivity contribution in [3.8, 4) is 5.88 Å². The summed E-state index contributed by atoms with van der Waals surface area (Å²) in [6, 6.07) is 9.47. The number of alkyl halides is 3. The van der Waals surface area contributed by atoms with Crippen molar-refractivity contribution in [1.29, 1.82) is 0 Å². The fraction of sp³-hybridized carbons (Fsp3) is 0.176. The lowest BCUT2D eigenvalue weighted by atomic mass is 10.1. The van der Waals surface area contributed by atoms with E-state index in [1.165, 1.54) is 24.5 Å². The van der Waals surface area contributed by atoms with Gasteiger partial charge >= 0.3 is 6.18 Å². The van der Waals surface area contributed by atoms with E-state index >= 15 is 0 Å². The van der Waals surface area contributed by atoms with Crippen molar-refractivity contribution in [2.45, 2.75) is 12.6 Å². The molecule has 1 aromatic heterocycles. The largest absolute Gasteiger partial charge is 0.477 e. The Morgan fingerprint density at radius 1 is 1.00 bits per heavy atom. The zero-order valence-corrected chi connectivity index (χ0v) is 12.3. The minimum absolute atomic E-state index is 0.115. The molecule has 0 amide bonds. The van der Waals surface area contributed by atoms with Crippen LogP contribution >= 0.6 is 0 Å². The molecule has 0 aliphatic carbocycles. The molecule has 0 spiro atoms. The van der Waals surface area contributed by atoms with E-state index in [2.05, 4.69) is 9.97 Å². The highest BCUT2D eigenvalue weighted by Gasteiger charge is 2.30. The fourth-order valence-electron chi connectivity index (χ4n) is 2.31. The van der Waals surface area contributed by atoms with Gasteiger partial charge < -0.3 is 4.74 Å². The summed E-state index contributed by atoms with van der Waals surface area (Å²) in [6.45, 7) is 0.115. The van der Waals surface area contributed by atoms with Crippen LogP contribution in [0.15, 0.2) is 48.8 Å². The third kappa shape index (κ3) is 3.45. The predicted molar refractivity (Wildman–Crippen MR) is 80.1 cm³/mol. The maximum atomic E-state index is 13.7. The average molecular weight is 336 g/mol. The van der Waals surface area contributed by atoms with Gasteiger partial charge in [0.05, 0.1) is 17.6 Å². The minimum Gasteiger partial charge on any atom is -0.477 e. The van der Waals surface area contributed by atoms with Gasteiger partial charge in [0.15, 0.2) is 0 Å². The van der Waals surface area contributed by atoms with E-state index in [0.717, 1.165) is 12.1 Å². The number of hydrogen-bond donors (Lipinski definition) is 0. The molecule has 0 saturated carbocycles. The molecule has 2 aromatic carbocycles. The quantitative estimate of drug-likeness (QED) is 0.662. The van der Waals surface area contributed by atoms with Gasteiger partial charge in [0.1, 0.15) is 17.7 Å². The highest BCUT2D eigenvalue weighted by Crippen LogP contribution is 2.29. The van der Waals surface area contributed by atoms with Crippen LogP contribution in [0.25, 0.3) is 10.9 Å². The molecule has 3 nitrogen and oxygen atoms in total. The Morgan fingerprint density at radius 3 is 2.58 bits per heavy atom. The van der Waals surface area contributed by atoms with Crippen molar-refractivity contribution >= 4 is 10.9 Å². The van der Waals surface area contributed by atoms with Crippen LogP contribution in [-0.4, -0.2) is 16.6 Å². The molecular weight excluding hydrogens is 324 g/mol. The molecule has 0 unspecified atom stereocenters. The first kappa shape index (κ1) is 16.2. The monoisotopic (exact) mass is 336 g/mol. The second-order valence-electron chi connectivity index (χ2n) is 5.11. The molecule has 3 rings (SSSR count). The fourth-order valence-corrected chi connectivity index (χ4v) is 2.31. The van der Waals surface area contributed by atoms with Crippen LogP contribution < -0.4 is 4.74 Å². The van der Waals surface area contributed by atoms with Gasteiger partial charge in [-0.2, -0.15) is 13.2 Å². The van der Waals surface area contributed by atoms with E-state index in [1.54, 1.807) is 12.1 Å². The Hall–Kier alpha value is -2.70. The molecule has 7 heteroatoms. The normalized spacial score (nSPS) is 11.7. The van der Waals surface area contributed by atoms with Gasteiger partial charge in [-0.25, -0.2) is 14.4 Å². The first-order valence-electron chi connectivity index (χ1n) is 7.13. The zero-order chi connectivity index (χ0) is 17.2. The summed E-state index contributed by atoms with van der Waals surface area (Å²) >= 11 is 0. The van der Waals surface area contributed by atoms with Gasteiger partial charge in [0.25, 0.3) is 0 Å². The topological polar surface area (TPSA) is 35.0 Å². The van der Waals surface area contributed by atoms with E-state index in [-0.39, 0.29) is 24.4 Å². The zero-order valence-electron chi connectivity index (χ0n) is 12.3. The molecule has 0 aliphatic heterocycles. The van der Waals surface area contributed by atoms with Crippen molar-refractivity contribution in [2.24, 2.45) is 0 Å². The lowest BCUT2D eigenvalue weighted by Gasteiger charge is -2.10. The van der Waals surface area contributed by atoms with Crippen molar-refractivity contribution < 1.29 is 22.3 Å². The van der Waals surface area contributed by atoms with Crippen LogP contribution in [0, 0.1) is 5.82 Å². The smallest absolute Gasteiger partial charge is 0.416 e. The third-order valence-electron chi connectivity index (χ3n) is 3.46. The highest BCUT2D eigenvalue weighted by molar-refractivity contribution is 5.83. The molecule has 0 aliphatic rings. The van der Waals surface area contributed by atoms with E-state index in [9.17, 15) is 17.6 Å². The predicted octanol–water partition coefficient (Wildman–Crippen LogP) is 4.41. The number of nitrogens with zero attached hydrogens (tertiary/aromatic N) is 2. The van der Waals surface area contributed by atoms with Gasteiger partial charge in [-0.3, -0.25) is 0 Å². The van der Waals surface area contributed by atoms with Crippen LogP contribution in [0.1, 0.15) is 11.1 Å². The Kier molecular flexibility index (Phi) is 4.33. The summed E-state index contributed by atoms with van der Waals surface area (Å²) in [4.78, 5) is 7.81. The number of benzene rings is 2. The second-order valence-corrected chi connectivity index (χ2v) is 5.11. The molecule has 0 atom stereocenters. The molecular formula is C17H12F4N2O. The number of fused-ring (bicyclic) bond motifs is 1. The molecule has 0 bridgehead atoms. The Bertz CT molecular complexity index is 865. The van der Waals surface area contributed by atoms with Crippen LogP contribution in [0.3, 0.4) is 0 Å². The van der Waals surface area contributed by atoms with Crippen LogP contribution in [0.2, 0.25) is 0 Å². The number of halogens is 4. The lowest BCUT2D eigenvalue weighted by molar-refractivity contribution is -0.137. The van der Waals surface area contributed by atoms with Gasteiger partial charge in [0.2, 0.25) is 5.88 Å². The maximum absolute atomic E-state index is 13.7. The average Bonchev–Trinajstić information content (AvgIpc) is 2.55. The number of rotatable bonds is 4. The number of aromatic nitrogens is 2. The number of para-hydroxylation sites is 1. The second kappa shape index (κ2) is 6.43. The number of hydrogen-bond acceptors (Lipinski definition) is 3. The summed E-state index contributed by atoms with van der Waals surface area (Å²) in [6.07, 6.45) is -2.92. The van der Waals surface area contributed by atoms with Crippen molar-refractivity contribution in [3.05, 3.63) is 65.7 Å². The first-order chi connectivity index (χ1) is 11.4.